The van der Waals surface area contributed by atoms with E-state index in [0.717, 1.165) is 22.3 Å². The first-order valence-corrected chi connectivity index (χ1v) is 6.45. The second kappa shape index (κ2) is 5.87. The third-order valence-corrected chi connectivity index (χ3v) is 3.90. The molecule has 19 heavy (non-hydrogen) atoms. The van der Waals surface area contributed by atoms with E-state index in [9.17, 15) is 4.79 Å². The van der Waals surface area contributed by atoms with Crippen LogP contribution in [0.5, 0.6) is 0 Å². The van der Waals surface area contributed by atoms with Gasteiger partial charge in [0.2, 0.25) is 0 Å². The molecule has 2 nitrogen and oxygen atoms in total. The zero-order chi connectivity index (χ0) is 14.7. The molecule has 0 spiro atoms. The van der Waals surface area contributed by atoms with Gasteiger partial charge >= 0.3 is 5.97 Å². The van der Waals surface area contributed by atoms with Crippen LogP contribution in [0.15, 0.2) is 23.8 Å². The summed E-state index contributed by atoms with van der Waals surface area (Å²) >= 11 is 0. The van der Waals surface area contributed by atoms with E-state index in [1.165, 1.54) is 22.8 Å². The normalized spacial score (nSPS) is 12.7. The molecule has 0 unspecified atom stereocenters. The Labute approximate surface area is 115 Å². The molecule has 0 aliphatic heterocycles. The summed E-state index contributed by atoms with van der Waals surface area (Å²) in [7, 11) is 0. The van der Waals surface area contributed by atoms with Crippen LogP contribution < -0.4 is 0 Å². The minimum Gasteiger partial charge on any atom is -0.478 e. The number of aliphatic carboxylic acids is 1. The fourth-order valence-corrected chi connectivity index (χ4v) is 2.17. The summed E-state index contributed by atoms with van der Waals surface area (Å²) in [5, 5.41) is 9.07. The second-order valence-corrected chi connectivity index (χ2v) is 4.98. The predicted octanol–water partition coefficient (Wildman–Crippen LogP) is 4.35. The lowest BCUT2D eigenvalue weighted by Gasteiger charge is -2.17. The van der Waals surface area contributed by atoms with Crippen LogP contribution in [-0.2, 0) is 4.79 Å². The molecule has 0 radical (unpaired) electrons. The lowest BCUT2D eigenvalue weighted by Crippen LogP contribution is -2.01. The van der Waals surface area contributed by atoms with Gasteiger partial charge in [-0.05, 0) is 80.5 Å². The molecule has 0 saturated heterocycles. The predicted molar refractivity (Wildman–Crippen MR) is 80.4 cm³/mol. The highest BCUT2D eigenvalue weighted by Gasteiger charge is 2.13. The number of hydrogen-bond acceptors (Lipinski definition) is 1. The van der Waals surface area contributed by atoms with E-state index in [2.05, 4.69) is 33.8 Å². The monoisotopic (exact) mass is 258 g/mol. The van der Waals surface area contributed by atoms with Crippen molar-refractivity contribution in [1.82, 2.24) is 0 Å². The lowest BCUT2D eigenvalue weighted by molar-refractivity contribution is -0.131. The standard InChI is InChI=1S/C17H22O2/c1-7-10(2)15(9-17(18)19)16-8-11(3)12(4)13(5)14(16)6/h7-9H,1-6H3,(H,18,19). The van der Waals surface area contributed by atoms with Crippen LogP contribution in [0.4, 0.5) is 0 Å². The van der Waals surface area contributed by atoms with Crippen LogP contribution in [-0.4, -0.2) is 11.1 Å². The van der Waals surface area contributed by atoms with E-state index in [0.29, 0.717) is 0 Å². The first-order valence-electron chi connectivity index (χ1n) is 6.45. The summed E-state index contributed by atoms with van der Waals surface area (Å²) in [5.74, 6) is -0.911. The summed E-state index contributed by atoms with van der Waals surface area (Å²) in [6.07, 6.45) is 3.24. The van der Waals surface area contributed by atoms with Crippen LogP contribution in [0.3, 0.4) is 0 Å². The van der Waals surface area contributed by atoms with Gasteiger partial charge in [0, 0.05) is 6.08 Å². The topological polar surface area (TPSA) is 37.3 Å². The van der Waals surface area contributed by atoms with Gasteiger partial charge in [-0.3, -0.25) is 0 Å². The van der Waals surface area contributed by atoms with Crippen molar-refractivity contribution in [3.63, 3.8) is 0 Å². The lowest BCUT2D eigenvalue weighted by atomic mass is 9.88. The molecule has 0 aliphatic rings. The molecule has 0 amide bonds. The maximum Gasteiger partial charge on any atom is 0.328 e. The Bertz CT molecular complexity index is 575. The minimum absolute atomic E-state index is 0.790. The molecular formula is C17H22O2. The summed E-state index contributed by atoms with van der Waals surface area (Å²) in [5.41, 5.74) is 7.63. The van der Waals surface area contributed by atoms with Crippen molar-refractivity contribution in [3.8, 4) is 0 Å². The van der Waals surface area contributed by atoms with Crippen LogP contribution in [0, 0.1) is 27.7 Å². The molecule has 2 heteroatoms. The van der Waals surface area contributed by atoms with Gasteiger partial charge in [-0.15, -0.1) is 0 Å². The zero-order valence-electron chi connectivity index (χ0n) is 12.6. The zero-order valence-corrected chi connectivity index (χ0v) is 12.6. The van der Waals surface area contributed by atoms with Gasteiger partial charge in [0.25, 0.3) is 0 Å². The first-order chi connectivity index (χ1) is 8.79. The van der Waals surface area contributed by atoms with Gasteiger partial charge < -0.3 is 5.11 Å². The van der Waals surface area contributed by atoms with Crippen molar-refractivity contribution >= 4 is 11.5 Å². The molecule has 0 aliphatic carbocycles. The third kappa shape index (κ3) is 3.14. The Morgan fingerprint density at radius 2 is 1.68 bits per heavy atom. The minimum atomic E-state index is -0.911. The van der Waals surface area contributed by atoms with Crippen molar-refractivity contribution in [2.24, 2.45) is 0 Å². The Kier molecular flexibility index (Phi) is 4.71. The van der Waals surface area contributed by atoms with E-state index in [1.54, 1.807) is 0 Å². The Morgan fingerprint density at radius 1 is 1.11 bits per heavy atom. The SMILES string of the molecule is CC=C(C)C(=CC(=O)O)c1cc(C)c(C)c(C)c1C. The number of carboxylic acids is 1. The highest BCUT2D eigenvalue weighted by Crippen LogP contribution is 2.30. The number of rotatable bonds is 3. The van der Waals surface area contributed by atoms with Crippen molar-refractivity contribution in [3.05, 3.63) is 51.6 Å². The number of aryl methyl sites for hydroxylation is 1. The Balaban J connectivity index is 3.62. The number of allylic oxidation sites excluding steroid dienone is 3. The maximum atomic E-state index is 11.0. The molecule has 1 aromatic rings. The van der Waals surface area contributed by atoms with Crippen molar-refractivity contribution in [1.29, 1.82) is 0 Å². The summed E-state index contributed by atoms with van der Waals surface area (Å²) in [6, 6.07) is 2.08. The van der Waals surface area contributed by atoms with E-state index in [1.807, 2.05) is 19.9 Å². The molecule has 0 bridgehead atoms. The fourth-order valence-electron chi connectivity index (χ4n) is 2.17. The smallest absolute Gasteiger partial charge is 0.328 e. The number of carbonyl (C=O) groups is 1. The molecule has 0 saturated carbocycles. The van der Waals surface area contributed by atoms with Crippen molar-refractivity contribution < 1.29 is 9.90 Å². The summed E-state index contributed by atoms with van der Waals surface area (Å²) in [6.45, 7) is 12.2. The molecule has 102 valence electrons. The molecular weight excluding hydrogens is 236 g/mol. The molecule has 0 aromatic heterocycles. The highest BCUT2D eigenvalue weighted by atomic mass is 16.4. The molecule has 1 aromatic carbocycles. The van der Waals surface area contributed by atoms with E-state index < -0.39 is 5.97 Å². The van der Waals surface area contributed by atoms with E-state index in [-0.39, 0.29) is 0 Å². The second-order valence-electron chi connectivity index (χ2n) is 4.98. The Morgan fingerprint density at radius 3 is 2.16 bits per heavy atom. The summed E-state index contributed by atoms with van der Waals surface area (Å²) in [4.78, 5) is 11.0. The summed E-state index contributed by atoms with van der Waals surface area (Å²) < 4.78 is 0. The largest absolute Gasteiger partial charge is 0.478 e. The van der Waals surface area contributed by atoms with Gasteiger partial charge in [0.1, 0.15) is 0 Å². The van der Waals surface area contributed by atoms with Crippen molar-refractivity contribution in [2.75, 3.05) is 0 Å². The quantitative estimate of drug-likeness (QED) is 0.646. The van der Waals surface area contributed by atoms with Crippen LogP contribution in [0.2, 0.25) is 0 Å². The van der Waals surface area contributed by atoms with Gasteiger partial charge in [0.15, 0.2) is 0 Å². The van der Waals surface area contributed by atoms with Gasteiger partial charge in [0.05, 0.1) is 0 Å². The van der Waals surface area contributed by atoms with Crippen LogP contribution in [0.1, 0.15) is 41.7 Å². The molecule has 0 atom stereocenters. The molecule has 0 fully saturated rings. The van der Waals surface area contributed by atoms with E-state index >= 15 is 0 Å². The van der Waals surface area contributed by atoms with Crippen LogP contribution >= 0.6 is 0 Å². The number of carboxylic acid groups (broad SMARTS) is 1. The van der Waals surface area contributed by atoms with Crippen molar-refractivity contribution in [2.45, 2.75) is 41.5 Å². The van der Waals surface area contributed by atoms with Gasteiger partial charge in [-0.1, -0.05) is 12.1 Å². The average Bonchev–Trinajstić information content (AvgIpc) is 2.37. The fraction of sp³-hybridized carbons (Fsp3) is 0.353. The maximum absolute atomic E-state index is 11.0. The number of hydrogen-bond donors (Lipinski definition) is 1. The average molecular weight is 258 g/mol. The highest BCUT2D eigenvalue weighted by molar-refractivity contribution is 5.95. The number of benzene rings is 1. The third-order valence-electron chi connectivity index (χ3n) is 3.90. The molecule has 1 rings (SSSR count). The Hall–Kier alpha value is -1.83. The van der Waals surface area contributed by atoms with E-state index in [4.69, 9.17) is 5.11 Å². The van der Waals surface area contributed by atoms with Gasteiger partial charge in [-0.2, -0.15) is 0 Å². The first kappa shape index (κ1) is 15.2. The molecule has 0 heterocycles. The van der Waals surface area contributed by atoms with Gasteiger partial charge in [-0.25, -0.2) is 4.79 Å². The molecule has 1 N–H and O–H groups in total. The van der Waals surface area contributed by atoms with Crippen LogP contribution in [0.25, 0.3) is 5.57 Å².